The summed E-state index contributed by atoms with van der Waals surface area (Å²) in [6, 6.07) is 9.73. The summed E-state index contributed by atoms with van der Waals surface area (Å²) in [5.41, 5.74) is 1.08. The Labute approximate surface area is 106 Å². The quantitative estimate of drug-likeness (QED) is 0.754. The largest absolute Gasteiger partial charge is 0.469 e. The molecule has 1 unspecified atom stereocenters. The Hall–Kier alpha value is -1.29. The fourth-order valence-electron chi connectivity index (χ4n) is 1.49. The molecule has 0 fully saturated rings. The molecule has 17 heavy (non-hydrogen) atoms. The highest BCUT2D eigenvalue weighted by Crippen LogP contribution is 2.16. The first-order valence-corrected chi connectivity index (χ1v) is 6.37. The van der Waals surface area contributed by atoms with Gasteiger partial charge in [-0.25, -0.2) is 0 Å². The highest BCUT2D eigenvalue weighted by atomic mass is 32.2. The lowest BCUT2D eigenvalue weighted by atomic mass is 10.0. The topological polar surface area (TPSA) is 43.4 Å². The van der Waals surface area contributed by atoms with Crippen molar-refractivity contribution in [1.29, 1.82) is 0 Å². The summed E-state index contributed by atoms with van der Waals surface area (Å²) < 4.78 is 4.75. The number of benzene rings is 1. The Balaban J connectivity index is 2.63. The van der Waals surface area contributed by atoms with E-state index in [0.29, 0.717) is 12.2 Å². The predicted molar refractivity (Wildman–Crippen MR) is 68.8 cm³/mol. The molecule has 1 aromatic rings. The maximum Gasteiger partial charge on any atom is 0.309 e. The molecule has 0 amide bonds. The van der Waals surface area contributed by atoms with Gasteiger partial charge in [-0.3, -0.25) is 9.59 Å². The standard InChI is InChI=1S/C13H16O3S/c1-10(14)17-9-12(13(15)16-2)8-11-6-4-3-5-7-11/h3-7,12H,8-9H2,1-2H3. The van der Waals surface area contributed by atoms with E-state index >= 15 is 0 Å². The fraction of sp³-hybridized carbons (Fsp3) is 0.385. The van der Waals surface area contributed by atoms with Crippen molar-refractivity contribution < 1.29 is 14.3 Å². The van der Waals surface area contributed by atoms with Crippen molar-refractivity contribution in [3.8, 4) is 0 Å². The average molecular weight is 252 g/mol. The molecule has 1 aromatic carbocycles. The second kappa shape index (κ2) is 7.12. The van der Waals surface area contributed by atoms with Crippen molar-refractivity contribution >= 4 is 22.8 Å². The molecule has 92 valence electrons. The smallest absolute Gasteiger partial charge is 0.309 e. The zero-order valence-electron chi connectivity index (χ0n) is 10.0. The highest BCUT2D eigenvalue weighted by molar-refractivity contribution is 8.13. The third kappa shape index (κ3) is 5.04. The van der Waals surface area contributed by atoms with Crippen LogP contribution in [0.5, 0.6) is 0 Å². The number of ether oxygens (including phenoxy) is 1. The Morgan fingerprint density at radius 1 is 1.29 bits per heavy atom. The third-order valence-corrected chi connectivity index (χ3v) is 3.32. The molecule has 1 rings (SSSR count). The van der Waals surface area contributed by atoms with Crippen molar-refractivity contribution in [3.05, 3.63) is 35.9 Å². The molecule has 0 spiro atoms. The van der Waals surface area contributed by atoms with E-state index in [0.717, 1.165) is 17.3 Å². The maximum absolute atomic E-state index is 11.6. The van der Waals surface area contributed by atoms with Gasteiger partial charge in [0, 0.05) is 12.7 Å². The second-order valence-electron chi connectivity index (χ2n) is 3.71. The summed E-state index contributed by atoms with van der Waals surface area (Å²) in [4.78, 5) is 22.5. The summed E-state index contributed by atoms with van der Waals surface area (Å²) >= 11 is 1.16. The molecule has 1 atom stereocenters. The average Bonchev–Trinajstić information content (AvgIpc) is 2.34. The number of esters is 1. The van der Waals surface area contributed by atoms with Crippen molar-refractivity contribution in [2.24, 2.45) is 5.92 Å². The van der Waals surface area contributed by atoms with Crippen LogP contribution in [0.1, 0.15) is 12.5 Å². The lowest BCUT2D eigenvalue weighted by Gasteiger charge is -2.13. The van der Waals surface area contributed by atoms with Gasteiger partial charge < -0.3 is 4.74 Å². The predicted octanol–water partition coefficient (Wildman–Crippen LogP) is 2.30. The minimum absolute atomic E-state index is 0.0203. The van der Waals surface area contributed by atoms with Gasteiger partial charge in [-0.1, -0.05) is 42.1 Å². The number of carbonyl (C=O) groups is 2. The van der Waals surface area contributed by atoms with Gasteiger partial charge >= 0.3 is 5.97 Å². The van der Waals surface area contributed by atoms with Gasteiger partial charge in [-0.05, 0) is 12.0 Å². The normalized spacial score (nSPS) is 11.9. The summed E-state index contributed by atoms with van der Waals surface area (Å²) in [5, 5.41) is 0.0203. The molecule has 0 saturated heterocycles. The van der Waals surface area contributed by atoms with Crippen LogP contribution in [0, 0.1) is 5.92 Å². The molecule has 0 aliphatic carbocycles. The van der Waals surface area contributed by atoms with Gasteiger partial charge in [-0.15, -0.1) is 0 Å². The minimum Gasteiger partial charge on any atom is -0.469 e. The fourth-order valence-corrected chi connectivity index (χ4v) is 2.18. The number of carbonyl (C=O) groups excluding carboxylic acids is 2. The van der Waals surface area contributed by atoms with E-state index < -0.39 is 0 Å². The lowest BCUT2D eigenvalue weighted by molar-refractivity contribution is -0.144. The first-order chi connectivity index (χ1) is 8.13. The molecule has 0 aliphatic heterocycles. The summed E-state index contributed by atoms with van der Waals surface area (Å²) in [6.07, 6.45) is 0.605. The zero-order chi connectivity index (χ0) is 12.7. The van der Waals surface area contributed by atoms with Crippen LogP contribution in [0.25, 0.3) is 0 Å². The molecule has 4 heteroatoms. The number of thioether (sulfide) groups is 1. The molecule has 0 bridgehead atoms. The van der Waals surface area contributed by atoms with Gasteiger partial charge in [-0.2, -0.15) is 0 Å². The van der Waals surface area contributed by atoms with Gasteiger partial charge in [0.25, 0.3) is 0 Å². The second-order valence-corrected chi connectivity index (χ2v) is 4.91. The van der Waals surface area contributed by atoms with Crippen LogP contribution in [-0.2, 0) is 20.7 Å². The van der Waals surface area contributed by atoms with Gasteiger partial charge in [0.05, 0.1) is 13.0 Å². The lowest BCUT2D eigenvalue weighted by Crippen LogP contribution is -2.21. The molecular weight excluding hydrogens is 236 g/mol. The first-order valence-electron chi connectivity index (χ1n) is 5.38. The summed E-state index contributed by atoms with van der Waals surface area (Å²) in [6.45, 7) is 1.50. The number of hydrogen-bond acceptors (Lipinski definition) is 4. The number of hydrogen-bond donors (Lipinski definition) is 0. The van der Waals surface area contributed by atoms with Crippen molar-refractivity contribution in [2.75, 3.05) is 12.9 Å². The molecule has 0 radical (unpaired) electrons. The first kappa shape index (κ1) is 13.8. The van der Waals surface area contributed by atoms with E-state index in [1.54, 1.807) is 0 Å². The summed E-state index contributed by atoms with van der Waals surface area (Å²) in [7, 11) is 1.37. The maximum atomic E-state index is 11.6. The van der Waals surface area contributed by atoms with E-state index in [2.05, 4.69) is 0 Å². The van der Waals surface area contributed by atoms with E-state index in [4.69, 9.17) is 4.74 Å². The van der Waals surface area contributed by atoms with E-state index in [1.807, 2.05) is 30.3 Å². The van der Waals surface area contributed by atoms with E-state index in [9.17, 15) is 9.59 Å². The Morgan fingerprint density at radius 3 is 2.47 bits per heavy atom. The molecule has 0 heterocycles. The van der Waals surface area contributed by atoms with Crippen molar-refractivity contribution in [3.63, 3.8) is 0 Å². The van der Waals surface area contributed by atoms with Crippen LogP contribution < -0.4 is 0 Å². The molecule has 3 nitrogen and oxygen atoms in total. The Bertz CT molecular complexity index is 376. The van der Waals surface area contributed by atoms with Gasteiger partial charge in [0.1, 0.15) is 0 Å². The monoisotopic (exact) mass is 252 g/mol. The van der Waals surface area contributed by atoms with Crippen molar-refractivity contribution in [1.82, 2.24) is 0 Å². The van der Waals surface area contributed by atoms with Crippen LogP contribution in [0.4, 0.5) is 0 Å². The van der Waals surface area contributed by atoms with E-state index in [1.165, 1.54) is 14.0 Å². The summed E-state index contributed by atoms with van der Waals surface area (Å²) in [5.74, 6) is -0.0596. The Morgan fingerprint density at radius 2 is 1.94 bits per heavy atom. The molecule has 0 aromatic heterocycles. The van der Waals surface area contributed by atoms with E-state index in [-0.39, 0.29) is 17.0 Å². The molecule has 0 N–H and O–H groups in total. The van der Waals surface area contributed by atoms with Gasteiger partial charge in [0.15, 0.2) is 5.12 Å². The number of methoxy groups -OCH3 is 1. The van der Waals surface area contributed by atoms with Crippen LogP contribution in [0.3, 0.4) is 0 Å². The SMILES string of the molecule is COC(=O)C(CSC(C)=O)Cc1ccccc1. The van der Waals surface area contributed by atoms with Crippen LogP contribution in [0.15, 0.2) is 30.3 Å². The minimum atomic E-state index is -0.267. The van der Waals surface area contributed by atoms with Gasteiger partial charge in [0.2, 0.25) is 0 Å². The molecular formula is C13H16O3S. The molecule has 0 aliphatic rings. The Kier molecular flexibility index (Phi) is 5.77. The van der Waals surface area contributed by atoms with Crippen LogP contribution in [0.2, 0.25) is 0 Å². The highest BCUT2D eigenvalue weighted by Gasteiger charge is 2.20. The van der Waals surface area contributed by atoms with Crippen LogP contribution >= 0.6 is 11.8 Å². The number of rotatable bonds is 5. The van der Waals surface area contributed by atoms with Crippen molar-refractivity contribution in [2.45, 2.75) is 13.3 Å². The third-order valence-electron chi connectivity index (χ3n) is 2.35. The molecule has 0 saturated carbocycles. The van der Waals surface area contributed by atoms with Crippen LogP contribution in [-0.4, -0.2) is 23.9 Å². The zero-order valence-corrected chi connectivity index (χ0v) is 10.8.